The molecule has 2 rings (SSSR count). The number of esters is 1. The van der Waals surface area contributed by atoms with Gasteiger partial charge in [-0.2, -0.15) is 5.26 Å². The number of nitrogens with zero attached hydrogens (tertiary/aromatic N) is 1. The monoisotopic (exact) mass is 217 g/mol. The van der Waals surface area contributed by atoms with Crippen LogP contribution in [-0.2, 0) is 4.74 Å². The van der Waals surface area contributed by atoms with Crippen molar-refractivity contribution in [3.05, 3.63) is 48.3 Å². The summed E-state index contributed by atoms with van der Waals surface area (Å²) in [7, 11) is 0. The van der Waals surface area contributed by atoms with E-state index in [0.717, 1.165) is 0 Å². The second-order valence-electron chi connectivity index (χ2n) is 2.91. The van der Waals surface area contributed by atoms with E-state index in [4.69, 9.17) is 18.8 Å². The maximum Gasteiger partial charge on any atom is 0.375 e. The van der Waals surface area contributed by atoms with Gasteiger partial charge < -0.3 is 13.6 Å². The van der Waals surface area contributed by atoms with E-state index in [1.165, 1.54) is 18.6 Å². The summed E-state index contributed by atoms with van der Waals surface area (Å²) in [4.78, 5) is 11.5. The van der Waals surface area contributed by atoms with Crippen LogP contribution in [0, 0.1) is 11.3 Å². The van der Waals surface area contributed by atoms with Gasteiger partial charge in [0.05, 0.1) is 12.5 Å². The van der Waals surface area contributed by atoms with E-state index in [-0.39, 0.29) is 11.5 Å². The van der Waals surface area contributed by atoms with Crippen LogP contribution >= 0.6 is 0 Å². The molecule has 5 heteroatoms. The molecule has 2 aromatic rings. The van der Waals surface area contributed by atoms with E-state index in [1.807, 2.05) is 6.07 Å². The van der Waals surface area contributed by atoms with E-state index in [1.54, 1.807) is 18.2 Å². The van der Waals surface area contributed by atoms with Gasteiger partial charge in [-0.15, -0.1) is 0 Å². The van der Waals surface area contributed by atoms with Crippen LogP contribution in [0.25, 0.3) is 0 Å². The molecule has 0 aliphatic heterocycles. The summed E-state index contributed by atoms with van der Waals surface area (Å²) in [6.45, 7) is 0. The zero-order chi connectivity index (χ0) is 11.4. The van der Waals surface area contributed by atoms with Gasteiger partial charge in [0.15, 0.2) is 5.76 Å². The molecule has 0 amide bonds. The van der Waals surface area contributed by atoms with Gasteiger partial charge >= 0.3 is 5.97 Å². The average Bonchev–Trinajstić information content (AvgIpc) is 2.96. The van der Waals surface area contributed by atoms with Crippen LogP contribution in [-0.4, -0.2) is 5.97 Å². The van der Waals surface area contributed by atoms with Gasteiger partial charge in [0, 0.05) is 0 Å². The number of hydrogen-bond donors (Lipinski definition) is 0. The van der Waals surface area contributed by atoms with Crippen LogP contribution in [0.3, 0.4) is 0 Å². The number of carbonyl (C=O) groups excluding carboxylic acids is 1. The first-order chi connectivity index (χ1) is 7.81. The highest BCUT2D eigenvalue weighted by molar-refractivity contribution is 5.86. The fourth-order valence-corrected chi connectivity index (χ4v) is 1.15. The van der Waals surface area contributed by atoms with Gasteiger partial charge in [-0.1, -0.05) is 0 Å². The molecule has 0 radical (unpaired) electrons. The zero-order valence-corrected chi connectivity index (χ0v) is 8.12. The predicted molar refractivity (Wildman–Crippen MR) is 51.2 cm³/mol. The summed E-state index contributed by atoms with van der Waals surface area (Å²) < 4.78 is 14.7. The molecule has 0 bridgehead atoms. The molecule has 0 aliphatic carbocycles. The fraction of sp³-hybridized carbons (Fsp3) is 0.0909. The minimum atomic E-state index is -1.06. The second kappa shape index (κ2) is 4.36. The van der Waals surface area contributed by atoms with Crippen molar-refractivity contribution in [3.63, 3.8) is 0 Å². The lowest BCUT2D eigenvalue weighted by atomic mass is 10.3. The van der Waals surface area contributed by atoms with Crippen LogP contribution in [0.4, 0.5) is 0 Å². The van der Waals surface area contributed by atoms with Crippen molar-refractivity contribution in [2.45, 2.75) is 6.10 Å². The standard InChI is InChI=1S/C11H7NO4/c12-7-10(8-3-1-5-14-8)16-11(13)9-4-2-6-15-9/h1-6,10H. The number of rotatable bonds is 3. The highest BCUT2D eigenvalue weighted by atomic mass is 16.6. The Labute approximate surface area is 90.8 Å². The summed E-state index contributed by atoms with van der Waals surface area (Å²) >= 11 is 0. The van der Waals surface area contributed by atoms with Crippen molar-refractivity contribution in [1.82, 2.24) is 0 Å². The molecule has 0 aliphatic rings. The lowest BCUT2D eigenvalue weighted by Gasteiger charge is -2.06. The Bertz CT molecular complexity index is 493. The number of ether oxygens (including phenoxy) is 1. The summed E-state index contributed by atoms with van der Waals surface area (Å²) in [6.07, 6.45) is 1.69. The molecule has 1 unspecified atom stereocenters. The Kier molecular flexibility index (Phi) is 2.74. The van der Waals surface area contributed by atoms with Crippen LogP contribution in [0.1, 0.15) is 22.4 Å². The van der Waals surface area contributed by atoms with Gasteiger partial charge in [-0.3, -0.25) is 0 Å². The average molecular weight is 217 g/mol. The quantitative estimate of drug-likeness (QED) is 0.737. The molecule has 0 aromatic carbocycles. The molecular weight excluding hydrogens is 210 g/mol. The Morgan fingerprint density at radius 3 is 2.62 bits per heavy atom. The Hall–Kier alpha value is -2.48. The van der Waals surface area contributed by atoms with E-state index in [2.05, 4.69) is 0 Å². The largest absolute Gasteiger partial charge is 0.464 e. The summed E-state index contributed by atoms with van der Waals surface area (Å²) in [6, 6.07) is 8.01. The Morgan fingerprint density at radius 2 is 2.06 bits per heavy atom. The zero-order valence-electron chi connectivity index (χ0n) is 8.12. The molecule has 0 fully saturated rings. The minimum absolute atomic E-state index is 0.0480. The molecule has 80 valence electrons. The van der Waals surface area contributed by atoms with E-state index < -0.39 is 12.1 Å². The van der Waals surface area contributed by atoms with Crippen LogP contribution < -0.4 is 0 Å². The Balaban J connectivity index is 2.09. The fourth-order valence-electron chi connectivity index (χ4n) is 1.15. The van der Waals surface area contributed by atoms with Crippen molar-refractivity contribution in [3.8, 4) is 6.07 Å². The normalized spacial score (nSPS) is 11.7. The molecule has 2 heterocycles. The molecule has 16 heavy (non-hydrogen) atoms. The highest BCUT2D eigenvalue weighted by Gasteiger charge is 2.21. The van der Waals surface area contributed by atoms with Crippen LogP contribution in [0.2, 0.25) is 0 Å². The van der Waals surface area contributed by atoms with Gasteiger partial charge in [0.25, 0.3) is 0 Å². The molecule has 0 spiro atoms. The molecule has 0 N–H and O–H groups in total. The van der Waals surface area contributed by atoms with Crippen molar-refractivity contribution in [1.29, 1.82) is 5.26 Å². The van der Waals surface area contributed by atoms with Crippen LogP contribution in [0.5, 0.6) is 0 Å². The molecule has 0 saturated carbocycles. The lowest BCUT2D eigenvalue weighted by Crippen LogP contribution is -2.08. The van der Waals surface area contributed by atoms with Crippen molar-refractivity contribution in [2.75, 3.05) is 0 Å². The number of nitriles is 1. The first-order valence-corrected chi connectivity index (χ1v) is 4.49. The third-order valence-corrected chi connectivity index (χ3v) is 1.87. The molecule has 2 aromatic heterocycles. The topological polar surface area (TPSA) is 76.4 Å². The van der Waals surface area contributed by atoms with Crippen molar-refractivity contribution >= 4 is 5.97 Å². The molecular formula is C11H7NO4. The Morgan fingerprint density at radius 1 is 1.31 bits per heavy atom. The first-order valence-electron chi connectivity index (χ1n) is 4.49. The maximum absolute atomic E-state index is 11.5. The molecule has 0 saturated heterocycles. The second-order valence-corrected chi connectivity index (χ2v) is 2.91. The third kappa shape index (κ3) is 1.96. The first kappa shape index (κ1) is 10.1. The van der Waals surface area contributed by atoms with E-state index >= 15 is 0 Å². The van der Waals surface area contributed by atoms with E-state index in [0.29, 0.717) is 0 Å². The third-order valence-electron chi connectivity index (χ3n) is 1.87. The molecule has 5 nitrogen and oxygen atoms in total. The van der Waals surface area contributed by atoms with Crippen LogP contribution in [0.15, 0.2) is 45.6 Å². The lowest BCUT2D eigenvalue weighted by molar-refractivity contribution is 0.0331. The van der Waals surface area contributed by atoms with Crippen molar-refractivity contribution < 1.29 is 18.4 Å². The van der Waals surface area contributed by atoms with Gasteiger partial charge in [-0.05, 0) is 24.3 Å². The van der Waals surface area contributed by atoms with Gasteiger partial charge in [0.2, 0.25) is 11.9 Å². The minimum Gasteiger partial charge on any atom is -0.464 e. The number of furan rings is 2. The van der Waals surface area contributed by atoms with Gasteiger partial charge in [0.1, 0.15) is 6.07 Å². The van der Waals surface area contributed by atoms with Crippen molar-refractivity contribution in [2.24, 2.45) is 0 Å². The van der Waals surface area contributed by atoms with E-state index in [9.17, 15) is 4.79 Å². The maximum atomic E-state index is 11.5. The number of hydrogen-bond acceptors (Lipinski definition) is 5. The molecule has 1 atom stereocenters. The SMILES string of the molecule is N#CC(OC(=O)c1ccco1)c1ccco1. The summed E-state index contributed by atoms with van der Waals surface area (Å²) in [5, 5.41) is 8.83. The summed E-state index contributed by atoms with van der Waals surface area (Å²) in [5.74, 6) is -0.373. The smallest absolute Gasteiger partial charge is 0.375 e. The summed E-state index contributed by atoms with van der Waals surface area (Å²) in [5.41, 5.74) is 0. The van der Waals surface area contributed by atoms with Gasteiger partial charge in [-0.25, -0.2) is 4.79 Å². The predicted octanol–water partition coefficient (Wildman–Crippen LogP) is 2.29. The number of carbonyl (C=O) groups is 1. The highest BCUT2D eigenvalue weighted by Crippen LogP contribution is 2.18.